The molecular weight excluding hydrogens is 372 g/mol. The second-order valence-corrected chi connectivity index (χ2v) is 7.22. The minimum atomic E-state index is -0.976. The van der Waals surface area contributed by atoms with Crippen molar-refractivity contribution < 1.29 is 19.1 Å². The SMILES string of the molecule is Cc1nc(-c2ccccc2)oc1C(=O)N1CCC(n2ncc(C(=O)O)c2C)CC1. The number of carboxylic acids is 1. The molecule has 8 heteroatoms. The van der Waals surface area contributed by atoms with E-state index in [4.69, 9.17) is 4.42 Å². The number of amides is 1. The molecule has 150 valence electrons. The zero-order valence-corrected chi connectivity index (χ0v) is 16.3. The van der Waals surface area contributed by atoms with E-state index >= 15 is 0 Å². The van der Waals surface area contributed by atoms with E-state index in [1.165, 1.54) is 6.20 Å². The normalized spacial score (nSPS) is 14.9. The van der Waals surface area contributed by atoms with Crippen LogP contribution in [0.2, 0.25) is 0 Å². The number of piperidine rings is 1. The van der Waals surface area contributed by atoms with Gasteiger partial charge in [0.15, 0.2) is 0 Å². The molecule has 3 heterocycles. The lowest BCUT2D eigenvalue weighted by Crippen LogP contribution is -2.39. The second-order valence-electron chi connectivity index (χ2n) is 7.22. The summed E-state index contributed by atoms with van der Waals surface area (Å²) in [5, 5.41) is 13.4. The van der Waals surface area contributed by atoms with Crippen molar-refractivity contribution in [3.8, 4) is 11.5 Å². The summed E-state index contributed by atoms with van der Waals surface area (Å²) in [6, 6.07) is 9.56. The van der Waals surface area contributed by atoms with Crippen molar-refractivity contribution in [2.24, 2.45) is 0 Å². The topological polar surface area (TPSA) is 101 Å². The Bertz CT molecular complexity index is 1050. The first-order chi connectivity index (χ1) is 14.0. The Hall–Kier alpha value is -3.42. The van der Waals surface area contributed by atoms with E-state index in [1.807, 2.05) is 30.3 Å². The van der Waals surface area contributed by atoms with Crippen molar-refractivity contribution in [3.05, 3.63) is 59.2 Å². The van der Waals surface area contributed by atoms with E-state index in [0.717, 1.165) is 5.56 Å². The number of oxazole rings is 1. The third-order valence-electron chi connectivity index (χ3n) is 5.38. The Balaban J connectivity index is 1.46. The Labute approximate surface area is 167 Å². The van der Waals surface area contributed by atoms with Crippen molar-refractivity contribution in [3.63, 3.8) is 0 Å². The Morgan fingerprint density at radius 3 is 2.45 bits per heavy atom. The predicted octanol–water partition coefficient (Wildman–Crippen LogP) is 3.33. The molecule has 8 nitrogen and oxygen atoms in total. The quantitative estimate of drug-likeness (QED) is 0.728. The van der Waals surface area contributed by atoms with E-state index in [0.29, 0.717) is 43.2 Å². The Morgan fingerprint density at radius 1 is 1.14 bits per heavy atom. The number of aromatic carboxylic acids is 1. The van der Waals surface area contributed by atoms with Gasteiger partial charge in [-0.05, 0) is 38.8 Å². The zero-order chi connectivity index (χ0) is 20.5. The summed E-state index contributed by atoms with van der Waals surface area (Å²) in [4.78, 5) is 30.4. The van der Waals surface area contributed by atoms with Gasteiger partial charge in [-0.1, -0.05) is 18.2 Å². The number of carbonyl (C=O) groups is 2. The summed E-state index contributed by atoms with van der Waals surface area (Å²) in [6.45, 7) is 4.63. The number of aromatic nitrogens is 3. The largest absolute Gasteiger partial charge is 0.478 e. The highest BCUT2D eigenvalue weighted by atomic mass is 16.4. The van der Waals surface area contributed by atoms with Crippen LogP contribution in [0.15, 0.2) is 40.9 Å². The van der Waals surface area contributed by atoms with Gasteiger partial charge in [-0.15, -0.1) is 0 Å². The average molecular weight is 394 g/mol. The summed E-state index contributed by atoms with van der Waals surface area (Å²) < 4.78 is 7.55. The number of nitrogens with zero attached hydrogens (tertiary/aromatic N) is 4. The number of rotatable bonds is 4. The summed E-state index contributed by atoms with van der Waals surface area (Å²) >= 11 is 0. The average Bonchev–Trinajstić information content (AvgIpc) is 3.31. The highest BCUT2D eigenvalue weighted by Crippen LogP contribution is 2.27. The molecule has 1 fully saturated rings. The molecule has 0 saturated carbocycles. The molecule has 1 N–H and O–H groups in total. The van der Waals surface area contributed by atoms with Gasteiger partial charge in [0, 0.05) is 18.7 Å². The van der Waals surface area contributed by atoms with Crippen molar-refractivity contribution in [2.45, 2.75) is 32.7 Å². The third-order valence-corrected chi connectivity index (χ3v) is 5.38. The second kappa shape index (κ2) is 7.54. The summed E-state index contributed by atoms with van der Waals surface area (Å²) in [5.41, 5.74) is 2.26. The molecule has 0 bridgehead atoms. The molecule has 1 amide bonds. The van der Waals surface area contributed by atoms with E-state index in [9.17, 15) is 14.7 Å². The van der Waals surface area contributed by atoms with Gasteiger partial charge < -0.3 is 14.4 Å². The molecule has 29 heavy (non-hydrogen) atoms. The zero-order valence-electron chi connectivity index (χ0n) is 16.3. The van der Waals surface area contributed by atoms with Gasteiger partial charge in [0.25, 0.3) is 5.91 Å². The van der Waals surface area contributed by atoms with Gasteiger partial charge in [0.1, 0.15) is 5.56 Å². The molecule has 0 unspecified atom stereocenters. The lowest BCUT2D eigenvalue weighted by molar-refractivity contribution is 0.0657. The highest BCUT2D eigenvalue weighted by molar-refractivity contribution is 5.93. The smallest absolute Gasteiger partial charge is 0.339 e. The van der Waals surface area contributed by atoms with E-state index in [2.05, 4.69) is 10.1 Å². The van der Waals surface area contributed by atoms with Crippen LogP contribution in [0.1, 0.15) is 51.2 Å². The minimum Gasteiger partial charge on any atom is -0.478 e. The van der Waals surface area contributed by atoms with Crippen LogP contribution >= 0.6 is 0 Å². The number of benzene rings is 1. The number of likely N-dealkylation sites (tertiary alicyclic amines) is 1. The van der Waals surface area contributed by atoms with Gasteiger partial charge in [0.05, 0.1) is 23.6 Å². The van der Waals surface area contributed by atoms with Crippen LogP contribution in [0, 0.1) is 13.8 Å². The molecule has 1 saturated heterocycles. The van der Waals surface area contributed by atoms with E-state index in [-0.39, 0.29) is 23.3 Å². The maximum Gasteiger partial charge on any atom is 0.339 e. The monoisotopic (exact) mass is 394 g/mol. The maximum atomic E-state index is 13.0. The molecule has 1 aromatic carbocycles. The molecule has 1 aliphatic heterocycles. The summed E-state index contributed by atoms with van der Waals surface area (Å²) in [6.07, 6.45) is 2.79. The minimum absolute atomic E-state index is 0.0721. The standard InChI is InChI=1S/C21H22N4O4/c1-13-18(29-19(23-13)15-6-4-3-5-7-15)20(26)24-10-8-16(9-11-24)25-14(2)17(12-22-25)21(27)28/h3-7,12,16H,8-11H2,1-2H3,(H,27,28). The van der Waals surface area contributed by atoms with Gasteiger partial charge in [0.2, 0.25) is 11.7 Å². The van der Waals surface area contributed by atoms with E-state index < -0.39 is 5.97 Å². The summed E-state index contributed by atoms with van der Waals surface area (Å²) in [7, 11) is 0. The van der Waals surface area contributed by atoms with Gasteiger partial charge in [-0.25, -0.2) is 9.78 Å². The maximum absolute atomic E-state index is 13.0. The fourth-order valence-corrected chi connectivity index (χ4v) is 3.76. The van der Waals surface area contributed by atoms with Crippen molar-refractivity contribution in [1.29, 1.82) is 0 Å². The summed E-state index contributed by atoms with van der Waals surface area (Å²) in [5.74, 6) is -0.434. The number of carbonyl (C=O) groups excluding carboxylic acids is 1. The Morgan fingerprint density at radius 2 is 1.83 bits per heavy atom. The Kier molecular flexibility index (Phi) is 4.92. The first-order valence-corrected chi connectivity index (χ1v) is 9.55. The molecule has 0 radical (unpaired) electrons. The van der Waals surface area contributed by atoms with Crippen LogP contribution in [-0.2, 0) is 0 Å². The fourth-order valence-electron chi connectivity index (χ4n) is 3.76. The van der Waals surface area contributed by atoms with Crippen LogP contribution in [0.25, 0.3) is 11.5 Å². The molecule has 0 atom stereocenters. The van der Waals surface area contributed by atoms with Gasteiger partial charge in [-0.3, -0.25) is 9.48 Å². The third kappa shape index (κ3) is 3.53. The molecule has 0 spiro atoms. The van der Waals surface area contributed by atoms with Crippen LogP contribution in [-0.4, -0.2) is 49.7 Å². The molecule has 1 aliphatic rings. The van der Waals surface area contributed by atoms with Crippen molar-refractivity contribution >= 4 is 11.9 Å². The van der Waals surface area contributed by atoms with Crippen molar-refractivity contribution in [1.82, 2.24) is 19.7 Å². The molecule has 4 rings (SSSR count). The highest BCUT2D eigenvalue weighted by Gasteiger charge is 2.30. The van der Waals surface area contributed by atoms with Gasteiger partial charge in [-0.2, -0.15) is 5.10 Å². The fraction of sp³-hybridized carbons (Fsp3) is 0.333. The molecule has 3 aromatic rings. The van der Waals surface area contributed by atoms with Crippen LogP contribution in [0.4, 0.5) is 0 Å². The van der Waals surface area contributed by atoms with Crippen molar-refractivity contribution in [2.75, 3.05) is 13.1 Å². The van der Waals surface area contributed by atoms with Crippen LogP contribution in [0.5, 0.6) is 0 Å². The molecular formula is C21H22N4O4. The molecule has 2 aromatic heterocycles. The number of hydrogen-bond acceptors (Lipinski definition) is 5. The lowest BCUT2D eigenvalue weighted by Gasteiger charge is -2.32. The van der Waals surface area contributed by atoms with Crippen LogP contribution in [0.3, 0.4) is 0 Å². The predicted molar refractivity (Wildman–Crippen MR) is 105 cm³/mol. The molecule has 0 aliphatic carbocycles. The lowest BCUT2D eigenvalue weighted by atomic mass is 10.0. The number of hydrogen-bond donors (Lipinski definition) is 1. The number of aryl methyl sites for hydroxylation is 1. The van der Waals surface area contributed by atoms with E-state index in [1.54, 1.807) is 23.4 Å². The first-order valence-electron chi connectivity index (χ1n) is 9.55. The van der Waals surface area contributed by atoms with Gasteiger partial charge >= 0.3 is 5.97 Å². The van der Waals surface area contributed by atoms with Crippen LogP contribution < -0.4 is 0 Å². The first kappa shape index (κ1) is 18.9. The number of carboxylic acid groups (broad SMARTS) is 1.